The van der Waals surface area contributed by atoms with E-state index in [1.165, 1.54) is 6.08 Å². The summed E-state index contributed by atoms with van der Waals surface area (Å²) >= 11 is 0. The van der Waals surface area contributed by atoms with Crippen LogP contribution in [0.25, 0.3) is 0 Å². The van der Waals surface area contributed by atoms with E-state index in [1.54, 1.807) is 6.08 Å². The number of aliphatic hydroxyl groups excluding tert-OH is 1. The number of aliphatic hydroxyl groups is 1. The molecule has 0 aliphatic heterocycles. The van der Waals surface area contributed by atoms with Crippen LogP contribution < -0.4 is 0 Å². The molecule has 0 unspecified atom stereocenters. The molecule has 2 heteroatoms. The summed E-state index contributed by atoms with van der Waals surface area (Å²) in [6.07, 6.45) is 2.99. The van der Waals surface area contributed by atoms with E-state index in [9.17, 15) is 0 Å². The summed E-state index contributed by atoms with van der Waals surface area (Å²) in [7, 11) is 0. The zero-order valence-electron chi connectivity index (χ0n) is 8.13. The van der Waals surface area contributed by atoms with E-state index in [0.29, 0.717) is 12.4 Å². The van der Waals surface area contributed by atoms with Crippen LogP contribution in [0.3, 0.4) is 0 Å². The molecule has 0 saturated heterocycles. The van der Waals surface area contributed by atoms with Crippen molar-refractivity contribution in [3.63, 3.8) is 0 Å². The molecule has 0 bridgehead atoms. The number of rotatable bonds is 4. The fraction of sp³-hybridized carbons (Fsp3) is 0.400. The van der Waals surface area contributed by atoms with Crippen molar-refractivity contribution >= 4 is 0 Å². The molecule has 70 valence electrons. The predicted molar refractivity (Wildman–Crippen MR) is 53.0 cm³/mol. The Balaban J connectivity index is 0. The fourth-order valence-electron chi connectivity index (χ4n) is 0.423. The van der Waals surface area contributed by atoms with Gasteiger partial charge in [0.25, 0.3) is 0 Å². The minimum absolute atomic E-state index is 0.000790. The maximum absolute atomic E-state index is 8.59. The molecule has 0 spiro atoms. The Hall–Kier alpha value is -1.18. The second-order valence-corrected chi connectivity index (χ2v) is 1.72. The van der Waals surface area contributed by atoms with E-state index in [-0.39, 0.29) is 5.76 Å². The first kappa shape index (κ1) is 13.4. The van der Waals surface area contributed by atoms with Gasteiger partial charge in [0.2, 0.25) is 0 Å². The van der Waals surface area contributed by atoms with Crippen LogP contribution in [0.2, 0.25) is 0 Å². The largest absolute Gasteiger partial charge is 0.509 e. The summed E-state index contributed by atoms with van der Waals surface area (Å²) in [4.78, 5) is 0. The molecular weight excluding hydrogens is 152 g/mol. The Morgan fingerprint density at radius 2 is 1.83 bits per heavy atom. The first-order valence-corrected chi connectivity index (χ1v) is 4.04. The summed E-state index contributed by atoms with van der Waals surface area (Å²) in [5.41, 5.74) is 0. The summed E-state index contributed by atoms with van der Waals surface area (Å²) < 4.78 is 4.96. The molecule has 0 aromatic carbocycles. The molecule has 12 heavy (non-hydrogen) atoms. The van der Waals surface area contributed by atoms with E-state index in [1.807, 2.05) is 20.8 Å². The second-order valence-electron chi connectivity index (χ2n) is 1.72. The topological polar surface area (TPSA) is 29.5 Å². The van der Waals surface area contributed by atoms with Gasteiger partial charge in [-0.2, -0.15) is 0 Å². The van der Waals surface area contributed by atoms with Crippen molar-refractivity contribution in [3.05, 3.63) is 36.8 Å². The smallest absolute Gasteiger partial charge is 0.112 e. The average Bonchev–Trinajstić information content (AvgIpc) is 2.05. The molecule has 1 N–H and O–H groups in total. The molecule has 0 aromatic heterocycles. The third kappa shape index (κ3) is 11.6. The minimum atomic E-state index is 0.000790. The van der Waals surface area contributed by atoms with E-state index >= 15 is 0 Å². The Kier molecular flexibility index (Phi) is 11.0. The van der Waals surface area contributed by atoms with Crippen molar-refractivity contribution in [3.8, 4) is 0 Å². The molecule has 0 aliphatic carbocycles. The molecule has 2 nitrogen and oxygen atoms in total. The van der Waals surface area contributed by atoms with Gasteiger partial charge in [0.1, 0.15) is 11.5 Å². The molecule has 0 atom stereocenters. The average molecular weight is 170 g/mol. The quantitative estimate of drug-likeness (QED) is 0.518. The monoisotopic (exact) mass is 170 g/mol. The highest BCUT2D eigenvalue weighted by Gasteiger charge is 1.84. The summed E-state index contributed by atoms with van der Waals surface area (Å²) in [5.74, 6) is 0.526. The van der Waals surface area contributed by atoms with Gasteiger partial charge in [0, 0.05) is 0 Å². The lowest BCUT2D eigenvalue weighted by atomic mass is 10.4. The van der Waals surface area contributed by atoms with Crippen molar-refractivity contribution in [2.24, 2.45) is 0 Å². The van der Waals surface area contributed by atoms with Crippen LogP contribution >= 0.6 is 0 Å². The highest BCUT2D eigenvalue weighted by molar-refractivity contribution is 5.15. The highest BCUT2D eigenvalue weighted by Crippen LogP contribution is 1.96. The Morgan fingerprint density at radius 3 is 2.17 bits per heavy atom. The van der Waals surface area contributed by atoms with Gasteiger partial charge in [-0.1, -0.05) is 27.0 Å². The Morgan fingerprint density at radius 1 is 1.33 bits per heavy atom. The van der Waals surface area contributed by atoms with E-state index in [2.05, 4.69) is 13.2 Å². The van der Waals surface area contributed by atoms with Gasteiger partial charge in [-0.05, 0) is 19.1 Å². The van der Waals surface area contributed by atoms with Crippen molar-refractivity contribution in [1.82, 2.24) is 0 Å². The predicted octanol–water partition coefficient (Wildman–Crippen LogP) is 3.19. The molecule has 0 aromatic rings. The van der Waals surface area contributed by atoms with Crippen LogP contribution in [0.1, 0.15) is 20.8 Å². The third-order valence-corrected chi connectivity index (χ3v) is 0.791. The Labute approximate surface area is 74.9 Å². The van der Waals surface area contributed by atoms with Gasteiger partial charge in [0.05, 0.1) is 6.61 Å². The molecular formula is C10H18O2. The van der Waals surface area contributed by atoms with Crippen molar-refractivity contribution in [1.29, 1.82) is 0 Å². The maximum atomic E-state index is 8.59. The lowest BCUT2D eigenvalue weighted by molar-refractivity contribution is 0.244. The zero-order chi connectivity index (χ0) is 9.98. The first-order chi connectivity index (χ1) is 5.66. The summed E-state index contributed by atoms with van der Waals surface area (Å²) in [5, 5.41) is 8.59. The molecule has 0 rings (SSSR count). The van der Waals surface area contributed by atoms with Crippen LogP contribution in [0.5, 0.6) is 0 Å². The van der Waals surface area contributed by atoms with Crippen LogP contribution in [0.15, 0.2) is 36.8 Å². The van der Waals surface area contributed by atoms with Crippen molar-refractivity contribution < 1.29 is 9.84 Å². The van der Waals surface area contributed by atoms with Crippen LogP contribution in [-0.4, -0.2) is 11.7 Å². The second kappa shape index (κ2) is 9.82. The molecule has 0 amide bonds. The van der Waals surface area contributed by atoms with Crippen molar-refractivity contribution in [2.45, 2.75) is 20.8 Å². The van der Waals surface area contributed by atoms with Crippen LogP contribution in [-0.2, 0) is 4.74 Å². The SMILES string of the molecule is C=C(O)/C=C\C(=C)OCC.CC. The van der Waals surface area contributed by atoms with E-state index in [4.69, 9.17) is 9.84 Å². The maximum Gasteiger partial charge on any atom is 0.112 e. The van der Waals surface area contributed by atoms with Gasteiger partial charge >= 0.3 is 0 Å². The third-order valence-electron chi connectivity index (χ3n) is 0.791. The number of allylic oxidation sites excluding steroid dienone is 2. The molecule has 0 heterocycles. The van der Waals surface area contributed by atoms with Gasteiger partial charge in [-0.15, -0.1) is 0 Å². The number of hydrogen-bond donors (Lipinski definition) is 1. The van der Waals surface area contributed by atoms with Gasteiger partial charge < -0.3 is 9.84 Å². The number of hydrogen-bond acceptors (Lipinski definition) is 2. The van der Waals surface area contributed by atoms with E-state index < -0.39 is 0 Å². The van der Waals surface area contributed by atoms with Crippen LogP contribution in [0.4, 0.5) is 0 Å². The first-order valence-electron chi connectivity index (χ1n) is 4.04. The normalized spacial score (nSPS) is 8.58. The lowest BCUT2D eigenvalue weighted by Gasteiger charge is -1.98. The van der Waals surface area contributed by atoms with Gasteiger partial charge in [-0.3, -0.25) is 0 Å². The zero-order valence-corrected chi connectivity index (χ0v) is 8.13. The standard InChI is InChI=1S/C8H12O2.C2H6/c1-4-10-8(3)6-5-7(2)9;1-2/h5-6,9H,2-4H2,1H3;1-2H3/b6-5-;. The molecule has 0 aliphatic rings. The fourth-order valence-corrected chi connectivity index (χ4v) is 0.423. The minimum Gasteiger partial charge on any atom is -0.509 e. The van der Waals surface area contributed by atoms with Gasteiger partial charge in [-0.25, -0.2) is 0 Å². The van der Waals surface area contributed by atoms with E-state index in [0.717, 1.165) is 0 Å². The highest BCUT2D eigenvalue weighted by atomic mass is 16.5. The summed E-state index contributed by atoms with van der Waals surface area (Å²) in [6.45, 7) is 13.3. The Bertz CT molecular complexity index is 157. The van der Waals surface area contributed by atoms with Crippen LogP contribution in [0, 0.1) is 0 Å². The molecule has 0 saturated carbocycles. The van der Waals surface area contributed by atoms with Crippen molar-refractivity contribution in [2.75, 3.05) is 6.61 Å². The van der Waals surface area contributed by atoms with Gasteiger partial charge in [0.15, 0.2) is 0 Å². The molecule has 0 radical (unpaired) electrons. The molecule has 0 fully saturated rings. The number of ether oxygens (including phenoxy) is 1. The lowest BCUT2D eigenvalue weighted by Crippen LogP contribution is -1.85. The summed E-state index contributed by atoms with van der Waals surface area (Å²) in [6, 6.07) is 0.